The van der Waals surface area contributed by atoms with Gasteiger partial charge in [-0.15, -0.1) is 0 Å². The van der Waals surface area contributed by atoms with E-state index in [0.717, 1.165) is 34.7 Å². The average molecular weight is 374 g/mol. The largest absolute Gasteiger partial charge is 0.504 e. The van der Waals surface area contributed by atoms with E-state index >= 15 is 0 Å². The predicted molar refractivity (Wildman–Crippen MR) is 110 cm³/mol. The number of para-hydroxylation sites is 1. The molecule has 2 heterocycles. The first-order valence-corrected chi connectivity index (χ1v) is 9.18. The van der Waals surface area contributed by atoms with Gasteiger partial charge < -0.3 is 15.2 Å². The second kappa shape index (κ2) is 7.23. The van der Waals surface area contributed by atoms with Crippen LogP contribution in [0.25, 0.3) is 17.0 Å². The van der Waals surface area contributed by atoms with Crippen LogP contribution in [0.15, 0.2) is 54.9 Å². The molecule has 0 aliphatic rings. The van der Waals surface area contributed by atoms with Gasteiger partial charge in [0.1, 0.15) is 11.5 Å². The highest BCUT2D eigenvalue weighted by Gasteiger charge is 2.18. The number of aromatic nitrogens is 3. The first-order chi connectivity index (χ1) is 13.6. The van der Waals surface area contributed by atoms with Crippen molar-refractivity contribution in [1.29, 1.82) is 0 Å². The molecule has 4 aromatic rings. The van der Waals surface area contributed by atoms with Crippen molar-refractivity contribution in [3.8, 4) is 22.8 Å². The summed E-state index contributed by atoms with van der Waals surface area (Å²) in [5.74, 6) is 1.91. The summed E-state index contributed by atoms with van der Waals surface area (Å²) in [6.45, 7) is 4.23. The van der Waals surface area contributed by atoms with Gasteiger partial charge in [-0.05, 0) is 48.7 Å². The fourth-order valence-corrected chi connectivity index (χ4v) is 3.35. The second-order valence-corrected chi connectivity index (χ2v) is 6.57. The van der Waals surface area contributed by atoms with Crippen LogP contribution in [0.1, 0.15) is 18.1 Å². The number of imidazole rings is 1. The van der Waals surface area contributed by atoms with E-state index in [4.69, 9.17) is 9.72 Å². The van der Waals surface area contributed by atoms with Crippen molar-refractivity contribution in [3.63, 3.8) is 0 Å². The van der Waals surface area contributed by atoms with Crippen LogP contribution in [-0.2, 0) is 6.42 Å². The predicted octanol–water partition coefficient (Wildman–Crippen LogP) is 4.72. The minimum Gasteiger partial charge on any atom is -0.504 e. The Morgan fingerprint density at radius 1 is 1.18 bits per heavy atom. The van der Waals surface area contributed by atoms with Crippen molar-refractivity contribution in [3.05, 3.63) is 66.0 Å². The van der Waals surface area contributed by atoms with E-state index in [-0.39, 0.29) is 5.75 Å². The summed E-state index contributed by atoms with van der Waals surface area (Å²) in [5.41, 5.74) is 5.03. The van der Waals surface area contributed by atoms with Crippen molar-refractivity contribution < 1.29 is 9.84 Å². The second-order valence-electron chi connectivity index (χ2n) is 6.57. The summed E-state index contributed by atoms with van der Waals surface area (Å²) in [7, 11) is 1.53. The van der Waals surface area contributed by atoms with Crippen molar-refractivity contribution in [2.75, 3.05) is 12.4 Å². The average Bonchev–Trinajstić information content (AvgIpc) is 3.08. The molecule has 0 spiro atoms. The van der Waals surface area contributed by atoms with Crippen molar-refractivity contribution in [2.24, 2.45) is 0 Å². The van der Waals surface area contributed by atoms with Crippen molar-refractivity contribution >= 4 is 17.3 Å². The Morgan fingerprint density at radius 2 is 2.04 bits per heavy atom. The SMILES string of the molecule is CCc1cccc(C)c1Nc1c(-c2ccc(O)c(OC)c2)nc2ncccn12. The van der Waals surface area contributed by atoms with E-state index in [1.165, 1.54) is 12.7 Å². The van der Waals surface area contributed by atoms with Gasteiger partial charge in [0.2, 0.25) is 5.78 Å². The minimum atomic E-state index is 0.0924. The fraction of sp³-hybridized carbons (Fsp3) is 0.182. The summed E-state index contributed by atoms with van der Waals surface area (Å²) in [6.07, 6.45) is 4.57. The van der Waals surface area contributed by atoms with Crippen LogP contribution in [0.5, 0.6) is 11.5 Å². The third-order valence-corrected chi connectivity index (χ3v) is 4.84. The van der Waals surface area contributed by atoms with Gasteiger partial charge in [0.25, 0.3) is 0 Å². The number of phenolic OH excluding ortho intramolecular Hbond substituents is 1. The van der Waals surface area contributed by atoms with Crippen LogP contribution in [0.3, 0.4) is 0 Å². The van der Waals surface area contributed by atoms with Gasteiger partial charge in [-0.2, -0.15) is 0 Å². The molecular weight excluding hydrogens is 352 g/mol. The van der Waals surface area contributed by atoms with Crippen LogP contribution < -0.4 is 10.1 Å². The molecule has 0 radical (unpaired) electrons. The number of benzene rings is 2. The zero-order valence-corrected chi connectivity index (χ0v) is 16.1. The van der Waals surface area contributed by atoms with Crippen LogP contribution in [0.4, 0.5) is 11.5 Å². The Bertz CT molecular complexity index is 1150. The Balaban J connectivity index is 1.92. The molecule has 0 aliphatic carbocycles. The number of fused-ring (bicyclic) bond motifs is 1. The van der Waals surface area contributed by atoms with Crippen molar-refractivity contribution in [1.82, 2.24) is 14.4 Å². The fourth-order valence-electron chi connectivity index (χ4n) is 3.35. The summed E-state index contributed by atoms with van der Waals surface area (Å²) in [4.78, 5) is 9.11. The van der Waals surface area contributed by atoms with E-state index in [1.54, 1.807) is 18.3 Å². The number of nitrogens with one attached hydrogen (secondary N) is 1. The van der Waals surface area contributed by atoms with Crippen LogP contribution >= 0.6 is 0 Å². The molecule has 0 saturated carbocycles. The van der Waals surface area contributed by atoms with E-state index in [0.29, 0.717) is 11.5 Å². The smallest absolute Gasteiger partial charge is 0.235 e. The van der Waals surface area contributed by atoms with Crippen LogP contribution in [-0.4, -0.2) is 26.6 Å². The lowest BCUT2D eigenvalue weighted by Gasteiger charge is -2.15. The molecule has 0 bridgehead atoms. The highest BCUT2D eigenvalue weighted by atomic mass is 16.5. The Labute approximate surface area is 163 Å². The molecule has 2 N–H and O–H groups in total. The van der Waals surface area contributed by atoms with Gasteiger partial charge in [0.15, 0.2) is 11.5 Å². The number of ether oxygens (including phenoxy) is 1. The summed E-state index contributed by atoms with van der Waals surface area (Å²) < 4.78 is 7.21. The molecule has 142 valence electrons. The zero-order valence-electron chi connectivity index (χ0n) is 16.1. The lowest BCUT2D eigenvalue weighted by Crippen LogP contribution is -2.02. The number of nitrogens with zero attached hydrogens (tertiary/aromatic N) is 3. The molecule has 0 aliphatic heterocycles. The van der Waals surface area contributed by atoms with E-state index in [1.807, 2.05) is 22.7 Å². The Kier molecular flexibility index (Phi) is 4.61. The molecule has 6 heteroatoms. The maximum atomic E-state index is 9.95. The van der Waals surface area contributed by atoms with Crippen LogP contribution in [0.2, 0.25) is 0 Å². The lowest BCUT2D eigenvalue weighted by molar-refractivity contribution is 0.373. The highest BCUT2D eigenvalue weighted by Crippen LogP contribution is 2.36. The normalized spacial score (nSPS) is 11.0. The number of aromatic hydroxyl groups is 1. The zero-order chi connectivity index (χ0) is 19.7. The summed E-state index contributed by atoms with van der Waals surface area (Å²) >= 11 is 0. The topological polar surface area (TPSA) is 71.7 Å². The van der Waals surface area contributed by atoms with E-state index in [2.05, 4.69) is 42.3 Å². The molecule has 0 atom stereocenters. The first-order valence-electron chi connectivity index (χ1n) is 9.18. The monoisotopic (exact) mass is 374 g/mol. The molecule has 0 saturated heterocycles. The molecule has 2 aromatic carbocycles. The van der Waals surface area contributed by atoms with E-state index < -0.39 is 0 Å². The molecule has 28 heavy (non-hydrogen) atoms. The third-order valence-electron chi connectivity index (χ3n) is 4.84. The number of hydrogen-bond acceptors (Lipinski definition) is 5. The minimum absolute atomic E-state index is 0.0924. The van der Waals surface area contributed by atoms with Gasteiger partial charge in [-0.3, -0.25) is 4.40 Å². The molecule has 0 amide bonds. The van der Waals surface area contributed by atoms with Gasteiger partial charge in [0.05, 0.1) is 7.11 Å². The third kappa shape index (κ3) is 3.03. The Hall–Kier alpha value is -3.54. The van der Waals surface area contributed by atoms with Crippen LogP contribution in [0, 0.1) is 6.92 Å². The molecular formula is C22H22N4O2. The van der Waals surface area contributed by atoms with Gasteiger partial charge in [0, 0.05) is 23.6 Å². The number of hydrogen-bond donors (Lipinski definition) is 2. The van der Waals surface area contributed by atoms with Gasteiger partial charge in [-0.1, -0.05) is 25.1 Å². The summed E-state index contributed by atoms with van der Waals surface area (Å²) in [5, 5.41) is 13.5. The Morgan fingerprint density at radius 3 is 2.82 bits per heavy atom. The lowest BCUT2D eigenvalue weighted by atomic mass is 10.1. The number of anilines is 2. The van der Waals surface area contributed by atoms with Gasteiger partial charge in [-0.25, -0.2) is 9.97 Å². The maximum Gasteiger partial charge on any atom is 0.235 e. The summed E-state index contributed by atoms with van der Waals surface area (Å²) in [6, 6.07) is 13.4. The molecule has 0 unspecified atom stereocenters. The number of phenols is 1. The molecule has 2 aromatic heterocycles. The van der Waals surface area contributed by atoms with Gasteiger partial charge >= 0.3 is 0 Å². The maximum absolute atomic E-state index is 9.95. The molecule has 6 nitrogen and oxygen atoms in total. The number of aryl methyl sites for hydroxylation is 2. The standard InChI is InChI=1S/C22H22N4O2/c1-4-15-8-5-7-14(2)19(15)24-21-20(25-22-23-11-6-12-26(21)22)16-9-10-17(27)18(13-16)28-3/h5-13,24,27H,4H2,1-3H3. The number of rotatable bonds is 5. The first kappa shape index (κ1) is 17.9. The number of methoxy groups -OCH3 is 1. The molecule has 4 rings (SSSR count). The quantitative estimate of drug-likeness (QED) is 0.529. The van der Waals surface area contributed by atoms with E-state index in [9.17, 15) is 5.11 Å². The van der Waals surface area contributed by atoms with Crippen molar-refractivity contribution in [2.45, 2.75) is 20.3 Å². The highest BCUT2D eigenvalue weighted by molar-refractivity contribution is 5.81. The molecule has 0 fully saturated rings.